The number of nitrogens with zero attached hydrogens (tertiary/aromatic N) is 1. The third-order valence-corrected chi connectivity index (χ3v) is 4.42. The van der Waals surface area contributed by atoms with Crippen LogP contribution in [0.15, 0.2) is 18.2 Å². The highest BCUT2D eigenvalue weighted by molar-refractivity contribution is 5.67. The van der Waals surface area contributed by atoms with Crippen molar-refractivity contribution >= 4 is 5.97 Å². The Hall–Kier alpha value is -2.04. The van der Waals surface area contributed by atoms with Crippen LogP contribution < -0.4 is 0 Å². The van der Waals surface area contributed by atoms with Crippen molar-refractivity contribution in [3.63, 3.8) is 0 Å². The first kappa shape index (κ1) is 19.3. The molecule has 0 bridgehead atoms. The number of benzene rings is 1. The van der Waals surface area contributed by atoms with Crippen molar-refractivity contribution in [1.82, 2.24) is 0 Å². The average molecular weight is 353 g/mol. The lowest BCUT2D eigenvalue weighted by molar-refractivity contribution is -0.164. The van der Waals surface area contributed by atoms with Crippen LogP contribution in [-0.4, -0.2) is 30.6 Å². The van der Waals surface area contributed by atoms with Crippen molar-refractivity contribution < 1.29 is 28.2 Å². The molecule has 0 spiro atoms. The first-order valence-corrected chi connectivity index (χ1v) is 8.28. The van der Waals surface area contributed by atoms with Crippen LogP contribution in [0.1, 0.15) is 44.1 Å². The molecule has 1 N–H and O–H groups in total. The van der Waals surface area contributed by atoms with Crippen molar-refractivity contribution in [2.45, 2.75) is 50.2 Å². The topological polar surface area (TPSA) is 79.5 Å². The molecule has 0 radical (unpaired) electrons. The lowest BCUT2D eigenvalue weighted by Gasteiger charge is -2.29. The van der Waals surface area contributed by atoms with Crippen molar-refractivity contribution in [3.8, 4) is 6.07 Å². The van der Waals surface area contributed by atoms with Crippen LogP contribution in [0.25, 0.3) is 0 Å². The van der Waals surface area contributed by atoms with Gasteiger partial charge in [-0.1, -0.05) is 6.07 Å². The van der Waals surface area contributed by atoms with E-state index in [0.29, 0.717) is 6.61 Å². The fraction of sp³-hybridized carbons (Fsp3) is 0.556. The highest BCUT2D eigenvalue weighted by Crippen LogP contribution is 2.34. The van der Waals surface area contributed by atoms with E-state index in [2.05, 4.69) is 6.07 Å². The SMILES string of the molecule is N#CC(CCOC1CCCCO1)(CCC(=O)O)c1ccc(F)c(F)c1. The standard InChI is InChI=1S/C18H21F2NO4/c19-14-5-4-13(11-15(14)20)18(12-21,7-6-16(22)23)8-10-25-17-3-1-2-9-24-17/h4-5,11,17H,1-3,6-10H2,(H,22,23). The Morgan fingerprint density at radius 1 is 1.36 bits per heavy atom. The summed E-state index contributed by atoms with van der Waals surface area (Å²) in [5, 5.41) is 18.6. The number of ether oxygens (including phenoxy) is 2. The van der Waals surface area contributed by atoms with Crippen LogP contribution in [-0.2, 0) is 19.7 Å². The van der Waals surface area contributed by atoms with Gasteiger partial charge in [0.15, 0.2) is 17.9 Å². The molecule has 1 saturated heterocycles. The fourth-order valence-electron chi connectivity index (χ4n) is 2.91. The lowest BCUT2D eigenvalue weighted by Crippen LogP contribution is -2.30. The van der Waals surface area contributed by atoms with Gasteiger partial charge in [-0.2, -0.15) is 5.26 Å². The third kappa shape index (κ3) is 5.21. The van der Waals surface area contributed by atoms with E-state index >= 15 is 0 Å². The number of halogens is 2. The second-order valence-electron chi connectivity index (χ2n) is 6.13. The molecular weight excluding hydrogens is 332 g/mol. The smallest absolute Gasteiger partial charge is 0.303 e. The van der Waals surface area contributed by atoms with E-state index < -0.39 is 23.0 Å². The van der Waals surface area contributed by atoms with Gasteiger partial charge >= 0.3 is 5.97 Å². The lowest BCUT2D eigenvalue weighted by atomic mass is 9.75. The number of carboxylic acid groups (broad SMARTS) is 1. The van der Waals surface area contributed by atoms with Gasteiger partial charge in [-0.25, -0.2) is 8.78 Å². The Morgan fingerprint density at radius 3 is 2.76 bits per heavy atom. The number of carbonyl (C=O) groups is 1. The summed E-state index contributed by atoms with van der Waals surface area (Å²) < 4.78 is 37.9. The molecule has 1 heterocycles. The Kier molecular flexibility index (Phi) is 6.85. The van der Waals surface area contributed by atoms with Gasteiger partial charge in [-0.15, -0.1) is 0 Å². The van der Waals surface area contributed by atoms with E-state index in [4.69, 9.17) is 14.6 Å². The zero-order valence-corrected chi connectivity index (χ0v) is 13.8. The van der Waals surface area contributed by atoms with Gasteiger partial charge in [-0.3, -0.25) is 4.79 Å². The van der Waals surface area contributed by atoms with Gasteiger partial charge in [0.1, 0.15) is 0 Å². The highest BCUT2D eigenvalue weighted by atomic mass is 19.2. The molecule has 136 valence electrons. The van der Waals surface area contributed by atoms with Crippen LogP contribution >= 0.6 is 0 Å². The highest BCUT2D eigenvalue weighted by Gasteiger charge is 2.34. The molecule has 25 heavy (non-hydrogen) atoms. The number of carboxylic acids is 1. The predicted molar refractivity (Wildman–Crippen MR) is 84.7 cm³/mol. The molecule has 2 atom stereocenters. The first-order chi connectivity index (χ1) is 12.0. The summed E-state index contributed by atoms with van der Waals surface area (Å²) >= 11 is 0. The Morgan fingerprint density at radius 2 is 2.16 bits per heavy atom. The number of nitriles is 1. The zero-order valence-electron chi connectivity index (χ0n) is 13.8. The van der Waals surface area contributed by atoms with Gasteiger partial charge in [-0.05, 0) is 49.8 Å². The molecule has 1 aliphatic rings. The minimum atomic E-state index is -1.26. The van der Waals surface area contributed by atoms with Gasteiger partial charge in [0.25, 0.3) is 0 Å². The van der Waals surface area contributed by atoms with Crippen LogP contribution in [0.2, 0.25) is 0 Å². The third-order valence-electron chi connectivity index (χ3n) is 4.42. The second-order valence-corrected chi connectivity index (χ2v) is 6.13. The molecule has 1 aliphatic heterocycles. The van der Waals surface area contributed by atoms with Crippen LogP contribution in [0.4, 0.5) is 8.78 Å². The van der Waals surface area contributed by atoms with Crippen molar-refractivity contribution in [1.29, 1.82) is 5.26 Å². The molecule has 0 aliphatic carbocycles. The van der Waals surface area contributed by atoms with E-state index in [1.807, 2.05) is 0 Å². The van der Waals surface area contributed by atoms with Crippen LogP contribution in [0.3, 0.4) is 0 Å². The largest absolute Gasteiger partial charge is 0.481 e. The second kappa shape index (κ2) is 8.88. The fourth-order valence-corrected chi connectivity index (χ4v) is 2.91. The quantitative estimate of drug-likeness (QED) is 0.773. The molecule has 1 aromatic carbocycles. The molecule has 0 aromatic heterocycles. The number of hydrogen-bond acceptors (Lipinski definition) is 4. The predicted octanol–water partition coefficient (Wildman–Crippen LogP) is 3.52. The summed E-state index contributed by atoms with van der Waals surface area (Å²) in [5.74, 6) is -3.14. The molecule has 1 fully saturated rings. The van der Waals surface area contributed by atoms with Gasteiger partial charge in [0.2, 0.25) is 0 Å². The molecule has 2 unspecified atom stereocenters. The van der Waals surface area contributed by atoms with E-state index in [1.165, 1.54) is 6.07 Å². The normalized spacial score (nSPS) is 19.8. The van der Waals surface area contributed by atoms with Crippen LogP contribution in [0, 0.1) is 23.0 Å². The minimum absolute atomic E-state index is 0.0151. The molecule has 7 heteroatoms. The maximum absolute atomic E-state index is 13.6. The van der Waals surface area contributed by atoms with Crippen LogP contribution in [0.5, 0.6) is 0 Å². The average Bonchev–Trinajstić information content (AvgIpc) is 2.61. The summed E-state index contributed by atoms with van der Waals surface area (Å²) in [4.78, 5) is 10.9. The van der Waals surface area contributed by atoms with Crippen molar-refractivity contribution in [3.05, 3.63) is 35.4 Å². The minimum Gasteiger partial charge on any atom is -0.481 e. The van der Waals surface area contributed by atoms with Gasteiger partial charge in [0.05, 0.1) is 18.1 Å². The summed E-state index contributed by atoms with van der Waals surface area (Å²) in [6.45, 7) is 0.785. The maximum atomic E-state index is 13.6. The number of aliphatic carboxylic acids is 1. The monoisotopic (exact) mass is 353 g/mol. The number of hydrogen-bond donors (Lipinski definition) is 1. The molecule has 0 amide bonds. The molecular formula is C18H21F2NO4. The molecule has 2 rings (SSSR count). The molecule has 5 nitrogen and oxygen atoms in total. The Balaban J connectivity index is 2.13. The number of rotatable bonds is 8. The zero-order chi connectivity index (χ0) is 18.3. The first-order valence-electron chi connectivity index (χ1n) is 8.28. The Labute approximate surface area is 145 Å². The summed E-state index contributed by atoms with van der Waals surface area (Å²) in [7, 11) is 0. The van der Waals surface area contributed by atoms with E-state index in [0.717, 1.165) is 31.4 Å². The molecule has 0 saturated carbocycles. The Bertz CT molecular complexity index is 640. The summed E-state index contributed by atoms with van der Waals surface area (Å²) in [6.07, 6.45) is 2.30. The van der Waals surface area contributed by atoms with Crippen molar-refractivity contribution in [2.75, 3.05) is 13.2 Å². The van der Waals surface area contributed by atoms with Gasteiger partial charge < -0.3 is 14.6 Å². The van der Waals surface area contributed by atoms with E-state index in [-0.39, 0.29) is 37.7 Å². The summed E-state index contributed by atoms with van der Waals surface area (Å²) in [5.41, 5.74) is -1.01. The van der Waals surface area contributed by atoms with E-state index in [9.17, 15) is 18.8 Å². The van der Waals surface area contributed by atoms with Crippen molar-refractivity contribution in [2.24, 2.45) is 0 Å². The van der Waals surface area contributed by atoms with Gasteiger partial charge in [0, 0.05) is 13.0 Å². The molecule has 1 aromatic rings. The van der Waals surface area contributed by atoms with E-state index in [1.54, 1.807) is 0 Å². The summed E-state index contributed by atoms with van der Waals surface area (Å²) in [6, 6.07) is 5.32. The maximum Gasteiger partial charge on any atom is 0.303 e.